The van der Waals surface area contributed by atoms with Gasteiger partial charge in [0.15, 0.2) is 0 Å². The van der Waals surface area contributed by atoms with E-state index in [1.54, 1.807) is 0 Å². The molecule has 1 unspecified atom stereocenters. The summed E-state index contributed by atoms with van der Waals surface area (Å²) < 4.78 is 0. The van der Waals surface area contributed by atoms with Gasteiger partial charge in [-0.1, -0.05) is 54.6 Å². The second-order valence-electron chi connectivity index (χ2n) is 4.32. The van der Waals surface area contributed by atoms with Crippen LogP contribution in [0.3, 0.4) is 0 Å². The minimum Gasteiger partial charge on any atom is -0.306 e. The van der Waals surface area contributed by atoms with E-state index in [-0.39, 0.29) is 12.4 Å². The Hall–Kier alpha value is -1.31. The van der Waals surface area contributed by atoms with Gasteiger partial charge in [-0.2, -0.15) is 0 Å². The molecule has 1 heterocycles. The predicted molar refractivity (Wildman–Crippen MR) is 73.4 cm³/mol. The molecule has 88 valence electrons. The molecule has 2 aromatic carbocycles. The highest BCUT2D eigenvalue weighted by Gasteiger charge is 2.18. The van der Waals surface area contributed by atoms with Gasteiger partial charge in [0.05, 0.1) is 0 Å². The Kier molecular flexibility index (Phi) is 3.82. The summed E-state index contributed by atoms with van der Waals surface area (Å²) in [4.78, 5) is 0. The maximum atomic E-state index is 3.59. The number of halogens is 1. The molecule has 0 fully saturated rings. The molecule has 0 spiro atoms. The summed E-state index contributed by atoms with van der Waals surface area (Å²) >= 11 is 0. The van der Waals surface area contributed by atoms with Crippen LogP contribution in [-0.2, 0) is 13.0 Å². The van der Waals surface area contributed by atoms with Crippen molar-refractivity contribution in [3.05, 3.63) is 71.3 Å². The average Bonchev–Trinajstić information content (AvgIpc) is 2.39. The zero-order valence-electron chi connectivity index (χ0n) is 9.60. The number of fused-ring (bicyclic) bond motifs is 1. The molecule has 17 heavy (non-hydrogen) atoms. The summed E-state index contributed by atoms with van der Waals surface area (Å²) in [5.41, 5.74) is 4.31. The highest BCUT2D eigenvalue weighted by Crippen LogP contribution is 2.25. The van der Waals surface area contributed by atoms with Crippen LogP contribution in [0.25, 0.3) is 0 Å². The van der Waals surface area contributed by atoms with Crippen LogP contribution < -0.4 is 5.32 Å². The second-order valence-corrected chi connectivity index (χ2v) is 4.32. The normalized spacial score (nSPS) is 18.0. The Labute approximate surface area is 108 Å². The molecule has 0 radical (unpaired) electrons. The number of rotatable bonds is 1. The standard InChI is InChI=1S/C15H15N.ClH/c1-2-6-12(7-3-1)15-10-13-8-4-5-9-14(13)11-16-15;/h1-9,15-16H,10-11H2;1H. The molecule has 0 aliphatic carbocycles. The van der Waals surface area contributed by atoms with E-state index in [0.29, 0.717) is 6.04 Å². The van der Waals surface area contributed by atoms with Gasteiger partial charge in [-0.25, -0.2) is 0 Å². The van der Waals surface area contributed by atoms with Crippen LogP contribution in [0, 0.1) is 0 Å². The SMILES string of the molecule is Cl.c1ccc(C2Cc3ccccc3CN2)cc1. The fourth-order valence-corrected chi connectivity index (χ4v) is 2.38. The van der Waals surface area contributed by atoms with Crippen LogP contribution in [0.1, 0.15) is 22.7 Å². The van der Waals surface area contributed by atoms with E-state index in [0.717, 1.165) is 13.0 Å². The molecule has 0 saturated carbocycles. The zero-order chi connectivity index (χ0) is 10.8. The van der Waals surface area contributed by atoms with E-state index < -0.39 is 0 Å². The molecule has 0 bridgehead atoms. The molecule has 2 heteroatoms. The third-order valence-electron chi connectivity index (χ3n) is 3.28. The van der Waals surface area contributed by atoms with E-state index in [1.807, 2.05) is 0 Å². The van der Waals surface area contributed by atoms with E-state index in [9.17, 15) is 0 Å². The number of hydrogen-bond acceptors (Lipinski definition) is 1. The van der Waals surface area contributed by atoms with Gasteiger partial charge in [0.1, 0.15) is 0 Å². The average molecular weight is 246 g/mol. The summed E-state index contributed by atoms with van der Waals surface area (Å²) in [5, 5.41) is 3.59. The molecule has 1 nitrogen and oxygen atoms in total. The molecule has 0 saturated heterocycles. The van der Waals surface area contributed by atoms with E-state index in [4.69, 9.17) is 0 Å². The van der Waals surface area contributed by atoms with Crippen molar-refractivity contribution in [3.8, 4) is 0 Å². The number of nitrogens with one attached hydrogen (secondary N) is 1. The maximum absolute atomic E-state index is 3.59. The highest BCUT2D eigenvalue weighted by molar-refractivity contribution is 5.85. The van der Waals surface area contributed by atoms with Crippen LogP contribution in [-0.4, -0.2) is 0 Å². The van der Waals surface area contributed by atoms with Gasteiger partial charge in [-0.3, -0.25) is 0 Å². The Balaban J connectivity index is 0.00000108. The van der Waals surface area contributed by atoms with Crippen molar-refractivity contribution >= 4 is 12.4 Å². The van der Waals surface area contributed by atoms with Gasteiger partial charge >= 0.3 is 0 Å². The lowest BCUT2D eigenvalue weighted by molar-refractivity contribution is 0.499. The van der Waals surface area contributed by atoms with Crippen molar-refractivity contribution in [2.24, 2.45) is 0 Å². The topological polar surface area (TPSA) is 12.0 Å². The van der Waals surface area contributed by atoms with E-state index in [1.165, 1.54) is 16.7 Å². The predicted octanol–water partition coefficient (Wildman–Crippen LogP) is 3.50. The van der Waals surface area contributed by atoms with Crippen molar-refractivity contribution in [2.45, 2.75) is 19.0 Å². The Morgan fingerprint density at radius 1 is 0.824 bits per heavy atom. The van der Waals surface area contributed by atoms with Crippen molar-refractivity contribution < 1.29 is 0 Å². The first-order chi connectivity index (χ1) is 7.93. The molecule has 1 aliphatic rings. The van der Waals surface area contributed by atoms with Gasteiger partial charge in [0, 0.05) is 12.6 Å². The third kappa shape index (κ3) is 2.51. The van der Waals surface area contributed by atoms with Crippen molar-refractivity contribution in [1.29, 1.82) is 0 Å². The van der Waals surface area contributed by atoms with E-state index >= 15 is 0 Å². The quantitative estimate of drug-likeness (QED) is 0.811. The van der Waals surface area contributed by atoms with Gasteiger partial charge in [0.25, 0.3) is 0 Å². The summed E-state index contributed by atoms with van der Waals surface area (Å²) in [6.07, 6.45) is 1.10. The Morgan fingerprint density at radius 2 is 1.47 bits per heavy atom. The van der Waals surface area contributed by atoms with Gasteiger partial charge < -0.3 is 5.32 Å². The van der Waals surface area contributed by atoms with E-state index in [2.05, 4.69) is 59.9 Å². The molecular weight excluding hydrogens is 230 g/mol. The lowest BCUT2D eigenvalue weighted by Crippen LogP contribution is -2.28. The van der Waals surface area contributed by atoms with Crippen LogP contribution >= 0.6 is 12.4 Å². The van der Waals surface area contributed by atoms with Crippen LogP contribution in [0.5, 0.6) is 0 Å². The Bertz CT molecular complexity index is 481. The lowest BCUT2D eigenvalue weighted by Gasteiger charge is -2.26. The Morgan fingerprint density at radius 3 is 2.24 bits per heavy atom. The van der Waals surface area contributed by atoms with Crippen LogP contribution in [0.15, 0.2) is 54.6 Å². The minimum absolute atomic E-state index is 0. The molecule has 3 rings (SSSR count). The van der Waals surface area contributed by atoms with Crippen LogP contribution in [0.2, 0.25) is 0 Å². The summed E-state index contributed by atoms with van der Waals surface area (Å²) in [6.45, 7) is 0.982. The fraction of sp³-hybridized carbons (Fsp3) is 0.200. The first-order valence-electron chi connectivity index (χ1n) is 5.78. The van der Waals surface area contributed by atoms with Gasteiger partial charge in [-0.05, 0) is 23.1 Å². The largest absolute Gasteiger partial charge is 0.306 e. The zero-order valence-corrected chi connectivity index (χ0v) is 10.4. The van der Waals surface area contributed by atoms with Gasteiger partial charge in [-0.15, -0.1) is 12.4 Å². The lowest BCUT2D eigenvalue weighted by atomic mass is 9.92. The molecule has 1 atom stereocenters. The molecule has 1 aliphatic heterocycles. The molecule has 0 amide bonds. The van der Waals surface area contributed by atoms with Crippen molar-refractivity contribution in [1.82, 2.24) is 5.32 Å². The first kappa shape index (κ1) is 12.2. The molecule has 1 N–H and O–H groups in total. The maximum Gasteiger partial charge on any atom is 0.0363 e. The minimum atomic E-state index is 0. The monoisotopic (exact) mass is 245 g/mol. The van der Waals surface area contributed by atoms with Crippen molar-refractivity contribution in [3.63, 3.8) is 0 Å². The molecule has 0 aromatic heterocycles. The van der Waals surface area contributed by atoms with Crippen molar-refractivity contribution in [2.75, 3.05) is 0 Å². The summed E-state index contributed by atoms with van der Waals surface area (Å²) in [6, 6.07) is 19.9. The summed E-state index contributed by atoms with van der Waals surface area (Å²) in [7, 11) is 0. The molecule has 2 aromatic rings. The smallest absolute Gasteiger partial charge is 0.0363 e. The number of benzene rings is 2. The second kappa shape index (κ2) is 5.35. The highest BCUT2D eigenvalue weighted by atomic mass is 35.5. The first-order valence-corrected chi connectivity index (χ1v) is 5.78. The van der Waals surface area contributed by atoms with Crippen LogP contribution in [0.4, 0.5) is 0 Å². The third-order valence-corrected chi connectivity index (χ3v) is 3.28. The molecular formula is C15H16ClN. The number of hydrogen-bond donors (Lipinski definition) is 1. The summed E-state index contributed by atoms with van der Waals surface area (Å²) in [5.74, 6) is 0. The fourth-order valence-electron chi connectivity index (χ4n) is 2.38. The van der Waals surface area contributed by atoms with Gasteiger partial charge in [0.2, 0.25) is 0 Å².